The fraction of sp³-hybridized carbons (Fsp3) is 0.0714. The lowest BCUT2D eigenvalue weighted by Gasteiger charge is -2.08. The Kier molecular flexibility index (Phi) is 3.73. The molecule has 0 amide bonds. The Morgan fingerprint density at radius 2 is 2.16 bits per heavy atom. The van der Waals surface area contributed by atoms with E-state index < -0.39 is 0 Å². The van der Waals surface area contributed by atoms with Crippen LogP contribution in [0.25, 0.3) is 10.9 Å². The van der Waals surface area contributed by atoms with E-state index in [2.05, 4.69) is 38.4 Å². The summed E-state index contributed by atoms with van der Waals surface area (Å²) in [6.07, 6.45) is 1.82. The molecule has 0 saturated carbocycles. The van der Waals surface area contributed by atoms with Gasteiger partial charge < -0.3 is 5.32 Å². The van der Waals surface area contributed by atoms with E-state index in [4.69, 9.17) is 11.6 Å². The lowest BCUT2D eigenvalue weighted by Crippen LogP contribution is -1.98. The molecule has 2 aromatic heterocycles. The van der Waals surface area contributed by atoms with Gasteiger partial charge in [0.1, 0.15) is 0 Å². The van der Waals surface area contributed by atoms with Crippen molar-refractivity contribution < 1.29 is 0 Å². The molecule has 19 heavy (non-hydrogen) atoms. The maximum absolute atomic E-state index is 5.93. The predicted molar refractivity (Wildman–Crippen MR) is 86.1 cm³/mol. The zero-order valence-corrected chi connectivity index (χ0v) is 13.0. The zero-order chi connectivity index (χ0) is 13.2. The van der Waals surface area contributed by atoms with E-state index in [9.17, 15) is 0 Å². The molecule has 0 aliphatic heterocycles. The molecule has 0 bridgehead atoms. The Balaban J connectivity index is 1.88. The summed E-state index contributed by atoms with van der Waals surface area (Å²) >= 11 is 11.0. The number of nitrogens with zero attached hydrogens (tertiary/aromatic N) is 1. The number of pyridine rings is 1. The van der Waals surface area contributed by atoms with Crippen LogP contribution in [0, 0.1) is 0 Å². The second-order valence-corrected chi connectivity index (χ2v) is 6.81. The van der Waals surface area contributed by atoms with Gasteiger partial charge in [-0.1, -0.05) is 23.7 Å². The molecule has 2 nitrogen and oxygen atoms in total. The maximum Gasteiger partial charge on any atom is 0.0934 e. The van der Waals surface area contributed by atoms with E-state index in [1.165, 1.54) is 4.88 Å². The first-order valence-corrected chi connectivity index (χ1v) is 7.73. The van der Waals surface area contributed by atoms with Crippen LogP contribution in [0.5, 0.6) is 0 Å². The van der Waals surface area contributed by atoms with Gasteiger partial charge in [0.15, 0.2) is 0 Å². The number of nitrogens with one attached hydrogen (secondary N) is 1. The van der Waals surface area contributed by atoms with E-state index >= 15 is 0 Å². The first-order valence-electron chi connectivity index (χ1n) is 5.75. The highest BCUT2D eigenvalue weighted by Gasteiger charge is 2.03. The summed E-state index contributed by atoms with van der Waals surface area (Å²) < 4.78 is 1.80. The van der Waals surface area contributed by atoms with Crippen molar-refractivity contribution in [2.75, 3.05) is 5.32 Å². The second-order valence-electron chi connectivity index (χ2n) is 4.09. The first kappa shape index (κ1) is 12.9. The SMILES string of the molecule is Clc1ccc(CNc2cccc3cc(Br)cnc23)s1. The number of thiophene rings is 1. The molecule has 3 aromatic rings. The summed E-state index contributed by atoms with van der Waals surface area (Å²) in [7, 11) is 0. The number of fused-ring (bicyclic) bond motifs is 1. The minimum Gasteiger partial charge on any atom is -0.378 e. The summed E-state index contributed by atoms with van der Waals surface area (Å²) in [5, 5.41) is 4.53. The molecular formula is C14H10BrClN2S. The van der Waals surface area contributed by atoms with Gasteiger partial charge in [0.2, 0.25) is 0 Å². The number of aromatic nitrogens is 1. The molecule has 96 valence electrons. The summed E-state index contributed by atoms with van der Waals surface area (Å²) in [5.74, 6) is 0. The normalized spacial score (nSPS) is 10.8. The maximum atomic E-state index is 5.93. The largest absolute Gasteiger partial charge is 0.378 e. The van der Waals surface area contributed by atoms with Gasteiger partial charge in [-0.05, 0) is 40.2 Å². The number of hydrogen-bond donors (Lipinski definition) is 1. The summed E-state index contributed by atoms with van der Waals surface area (Å²) in [6, 6.07) is 12.1. The van der Waals surface area contributed by atoms with Crippen LogP contribution in [-0.2, 0) is 6.54 Å². The van der Waals surface area contributed by atoms with Gasteiger partial charge in [0, 0.05) is 27.5 Å². The Bertz CT molecular complexity index is 726. The van der Waals surface area contributed by atoms with Crippen LogP contribution in [0.3, 0.4) is 0 Å². The molecule has 0 aliphatic carbocycles. The van der Waals surface area contributed by atoms with E-state index in [0.717, 1.165) is 31.9 Å². The van der Waals surface area contributed by atoms with Gasteiger partial charge in [-0.2, -0.15) is 0 Å². The molecule has 0 atom stereocenters. The predicted octanol–water partition coefficient (Wildman–Crippen LogP) is 5.32. The van der Waals surface area contributed by atoms with Gasteiger partial charge in [-0.15, -0.1) is 11.3 Å². The molecule has 0 spiro atoms. The number of benzene rings is 1. The summed E-state index contributed by atoms with van der Waals surface area (Å²) in [4.78, 5) is 5.67. The number of rotatable bonds is 3. The molecule has 0 saturated heterocycles. The number of anilines is 1. The molecule has 0 fully saturated rings. The van der Waals surface area contributed by atoms with Crippen molar-refractivity contribution in [2.45, 2.75) is 6.54 Å². The van der Waals surface area contributed by atoms with Crippen molar-refractivity contribution in [3.8, 4) is 0 Å². The highest BCUT2D eigenvalue weighted by atomic mass is 79.9. The second kappa shape index (κ2) is 5.49. The molecule has 1 N–H and O–H groups in total. The molecule has 3 rings (SSSR count). The van der Waals surface area contributed by atoms with Crippen molar-refractivity contribution in [1.82, 2.24) is 4.98 Å². The monoisotopic (exact) mass is 352 g/mol. The highest BCUT2D eigenvalue weighted by Crippen LogP contribution is 2.26. The third-order valence-corrected chi connectivity index (χ3v) is 4.42. The molecule has 2 heterocycles. The van der Waals surface area contributed by atoms with Crippen LogP contribution >= 0.6 is 38.9 Å². The van der Waals surface area contributed by atoms with Gasteiger partial charge in [0.05, 0.1) is 15.5 Å². The third-order valence-electron chi connectivity index (χ3n) is 2.76. The van der Waals surface area contributed by atoms with Crippen LogP contribution < -0.4 is 5.32 Å². The van der Waals surface area contributed by atoms with E-state index in [1.54, 1.807) is 11.3 Å². The van der Waals surface area contributed by atoms with Crippen molar-refractivity contribution in [3.63, 3.8) is 0 Å². The average molecular weight is 354 g/mol. The fourth-order valence-corrected chi connectivity index (χ4v) is 3.28. The van der Waals surface area contributed by atoms with Gasteiger partial charge in [-0.25, -0.2) is 0 Å². The van der Waals surface area contributed by atoms with Gasteiger partial charge in [-0.3, -0.25) is 4.98 Å². The Morgan fingerprint density at radius 1 is 1.26 bits per heavy atom. The van der Waals surface area contributed by atoms with Gasteiger partial charge >= 0.3 is 0 Å². The number of para-hydroxylation sites is 1. The Morgan fingerprint density at radius 3 is 2.95 bits per heavy atom. The molecule has 0 radical (unpaired) electrons. The molecule has 0 unspecified atom stereocenters. The molecule has 1 aromatic carbocycles. The van der Waals surface area contributed by atoms with E-state index in [0.29, 0.717) is 0 Å². The number of hydrogen-bond acceptors (Lipinski definition) is 3. The Labute approximate surface area is 128 Å². The van der Waals surface area contributed by atoms with Crippen LogP contribution in [0.1, 0.15) is 4.88 Å². The smallest absolute Gasteiger partial charge is 0.0934 e. The summed E-state index contributed by atoms with van der Waals surface area (Å²) in [5.41, 5.74) is 2.02. The minimum atomic E-state index is 0.758. The average Bonchev–Trinajstić information content (AvgIpc) is 2.81. The van der Waals surface area contributed by atoms with Crippen molar-refractivity contribution in [3.05, 3.63) is 56.3 Å². The lowest BCUT2D eigenvalue weighted by atomic mass is 10.2. The third kappa shape index (κ3) is 2.91. The fourth-order valence-electron chi connectivity index (χ4n) is 1.91. The van der Waals surface area contributed by atoms with Crippen molar-refractivity contribution in [1.29, 1.82) is 0 Å². The van der Waals surface area contributed by atoms with Crippen LogP contribution in [0.2, 0.25) is 4.34 Å². The van der Waals surface area contributed by atoms with Crippen LogP contribution in [0.15, 0.2) is 47.1 Å². The standard InChI is InChI=1S/C14H10BrClN2S/c15-10-6-9-2-1-3-12(14(9)18-7-10)17-8-11-4-5-13(16)19-11/h1-7,17H,8H2. The summed E-state index contributed by atoms with van der Waals surface area (Å²) in [6.45, 7) is 0.758. The zero-order valence-electron chi connectivity index (χ0n) is 9.86. The molecule has 5 heteroatoms. The van der Waals surface area contributed by atoms with Crippen LogP contribution in [-0.4, -0.2) is 4.98 Å². The Hall–Kier alpha value is -1.10. The lowest BCUT2D eigenvalue weighted by molar-refractivity contribution is 1.19. The van der Waals surface area contributed by atoms with Crippen LogP contribution in [0.4, 0.5) is 5.69 Å². The highest BCUT2D eigenvalue weighted by molar-refractivity contribution is 9.10. The topological polar surface area (TPSA) is 24.9 Å². The quantitative estimate of drug-likeness (QED) is 0.689. The van der Waals surface area contributed by atoms with Crippen molar-refractivity contribution >= 4 is 55.5 Å². The first-order chi connectivity index (χ1) is 9.22. The van der Waals surface area contributed by atoms with Gasteiger partial charge in [0.25, 0.3) is 0 Å². The molecule has 0 aliphatic rings. The molecular weight excluding hydrogens is 344 g/mol. The number of halogens is 2. The van der Waals surface area contributed by atoms with E-state index in [-0.39, 0.29) is 0 Å². The van der Waals surface area contributed by atoms with Crippen molar-refractivity contribution in [2.24, 2.45) is 0 Å². The minimum absolute atomic E-state index is 0.758. The van der Waals surface area contributed by atoms with E-state index in [1.807, 2.05) is 30.5 Å².